The van der Waals surface area contributed by atoms with E-state index in [9.17, 15) is 9.59 Å². The van der Waals surface area contributed by atoms with Crippen LogP contribution >= 0.6 is 0 Å². The second-order valence-corrected chi connectivity index (χ2v) is 5.20. The predicted octanol–water partition coefficient (Wildman–Crippen LogP) is 0.716. The zero-order valence-corrected chi connectivity index (χ0v) is 10.5. The van der Waals surface area contributed by atoms with Crippen LogP contribution in [0.1, 0.15) is 32.6 Å². The zero-order valence-electron chi connectivity index (χ0n) is 10.5. The van der Waals surface area contributed by atoms with Crippen molar-refractivity contribution in [3.8, 4) is 0 Å². The van der Waals surface area contributed by atoms with Gasteiger partial charge < -0.3 is 20.5 Å². The van der Waals surface area contributed by atoms with E-state index < -0.39 is 5.97 Å². The van der Waals surface area contributed by atoms with Crippen molar-refractivity contribution in [1.29, 1.82) is 0 Å². The van der Waals surface area contributed by atoms with Crippen LogP contribution in [-0.2, 0) is 9.53 Å². The van der Waals surface area contributed by atoms with Crippen LogP contribution in [-0.4, -0.2) is 41.9 Å². The van der Waals surface area contributed by atoms with Gasteiger partial charge in [-0.15, -0.1) is 0 Å². The maximum Gasteiger partial charge on any atom is 0.315 e. The van der Waals surface area contributed by atoms with E-state index in [1.165, 1.54) is 0 Å². The highest BCUT2D eigenvalue weighted by Gasteiger charge is 2.35. The molecular weight excluding hydrogens is 236 g/mol. The van der Waals surface area contributed by atoms with Gasteiger partial charge in [-0.25, -0.2) is 4.79 Å². The molecule has 1 saturated carbocycles. The van der Waals surface area contributed by atoms with Gasteiger partial charge in [-0.05, 0) is 32.6 Å². The third kappa shape index (κ3) is 3.35. The van der Waals surface area contributed by atoms with Crippen LogP contribution in [0.25, 0.3) is 0 Å². The van der Waals surface area contributed by atoms with Gasteiger partial charge in [0.2, 0.25) is 0 Å². The van der Waals surface area contributed by atoms with Crippen molar-refractivity contribution in [2.45, 2.75) is 50.9 Å². The number of nitrogens with one attached hydrogen (secondary N) is 2. The molecule has 1 saturated heterocycles. The molecule has 6 heteroatoms. The number of hydrogen-bond donors (Lipinski definition) is 3. The number of ether oxygens (including phenoxy) is 1. The Morgan fingerprint density at radius 3 is 2.61 bits per heavy atom. The van der Waals surface area contributed by atoms with Crippen molar-refractivity contribution in [3.63, 3.8) is 0 Å². The molecule has 1 heterocycles. The first kappa shape index (κ1) is 13.1. The fraction of sp³-hybridized carbons (Fsp3) is 0.833. The SMILES string of the molecule is CC1CCC(CNC(=O)NC2CC(C(=O)O)C2)O1. The van der Waals surface area contributed by atoms with Crippen LogP contribution in [0.4, 0.5) is 4.79 Å². The molecule has 18 heavy (non-hydrogen) atoms. The van der Waals surface area contributed by atoms with E-state index >= 15 is 0 Å². The molecule has 0 spiro atoms. The smallest absolute Gasteiger partial charge is 0.315 e. The molecule has 2 amide bonds. The highest BCUT2D eigenvalue weighted by Crippen LogP contribution is 2.27. The number of aliphatic carboxylic acids is 1. The van der Waals surface area contributed by atoms with Crippen LogP contribution < -0.4 is 10.6 Å². The highest BCUT2D eigenvalue weighted by atomic mass is 16.5. The summed E-state index contributed by atoms with van der Waals surface area (Å²) in [4.78, 5) is 22.1. The van der Waals surface area contributed by atoms with Crippen molar-refractivity contribution < 1.29 is 19.4 Å². The Labute approximate surface area is 106 Å². The molecule has 102 valence electrons. The Bertz CT molecular complexity index is 328. The third-order valence-electron chi connectivity index (χ3n) is 3.63. The van der Waals surface area contributed by atoms with Gasteiger partial charge in [-0.2, -0.15) is 0 Å². The van der Waals surface area contributed by atoms with Gasteiger partial charge in [0.05, 0.1) is 18.1 Å². The van der Waals surface area contributed by atoms with Gasteiger partial charge in [0.15, 0.2) is 0 Å². The molecule has 0 bridgehead atoms. The highest BCUT2D eigenvalue weighted by molar-refractivity contribution is 5.76. The van der Waals surface area contributed by atoms with Crippen LogP contribution in [0.3, 0.4) is 0 Å². The van der Waals surface area contributed by atoms with Gasteiger partial charge in [-0.3, -0.25) is 4.79 Å². The van der Waals surface area contributed by atoms with Crippen molar-refractivity contribution >= 4 is 12.0 Å². The molecule has 0 radical (unpaired) electrons. The topological polar surface area (TPSA) is 87.7 Å². The number of carboxylic acids is 1. The number of carboxylic acid groups (broad SMARTS) is 1. The third-order valence-corrected chi connectivity index (χ3v) is 3.63. The minimum absolute atomic E-state index is 0.00507. The summed E-state index contributed by atoms with van der Waals surface area (Å²) in [6, 6.07) is -0.235. The molecule has 0 aromatic rings. The number of hydrogen-bond acceptors (Lipinski definition) is 3. The standard InChI is InChI=1S/C12H20N2O4/c1-7-2-3-10(18-7)6-13-12(17)14-9-4-8(5-9)11(15)16/h7-10H,2-6H2,1H3,(H,15,16)(H2,13,14,17). The normalized spacial score (nSPS) is 34.7. The first-order valence-corrected chi connectivity index (χ1v) is 6.47. The molecule has 2 fully saturated rings. The second-order valence-electron chi connectivity index (χ2n) is 5.20. The number of urea groups is 1. The zero-order chi connectivity index (χ0) is 13.1. The van der Waals surface area contributed by atoms with Gasteiger partial charge >= 0.3 is 12.0 Å². The summed E-state index contributed by atoms with van der Waals surface area (Å²) in [6.45, 7) is 2.55. The lowest BCUT2D eigenvalue weighted by atomic mass is 9.80. The van der Waals surface area contributed by atoms with E-state index in [4.69, 9.17) is 9.84 Å². The molecular formula is C12H20N2O4. The largest absolute Gasteiger partial charge is 0.481 e. The van der Waals surface area contributed by atoms with E-state index in [-0.39, 0.29) is 30.2 Å². The van der Waals surface area contributed by atoms with Crippen molar-refractivity contribution in [2.24, 2.45) is 5.92 Å². The summed E-state index contributed by atoms with van der Waals surface area (Å²) in [5, 5.41) is 14.2. The quantitative estimate of drug-likeness (QED) is 0.691. The lowest BCUT2D eigenvalue weighted by Crippen LogP contribution is -2.51. The minimum Gasteiger partial charge on any atom is -0.481 e. The second kappa shape index (κ2) is 5.56. The predicted molar refractivity (Wildman–Crippen MR) is 64.3 cm³/mol. The molecule has 2 atom stereocenters. The van der Waals surface area contributed by atoms with Crippen LogP contribution in [0.5, 0.6) is 0 Å². The van der Waals surface area contributed by atoms with Gasteiger partial charge in [-0.1, -0.05) is 0 Å². The lowest BCUT2D eigenvalue weighted by molar-refractivity contribution is -0.145. The van der Waals surface area contributed by atoms with Crippen molar-refractivity contribution in [2.75, 3.05) is 6.54 Å². The maximum atomic E-state index is 11.5. The summed E-state index contributed by atoms with van der Waals surface area (Å²) in [6.07, 6.45) is 3.46. The summed E-state index contributed by atoms with van der Waals surface area (Å²) in [5.74, 6) is -1.07. The van der Waals surface area contributed by atoms with Crippen LogP contribution in [0.15, 0.2) is 0 Å². The van der Waals surface area contributed by atoms with E-state index in [1.807, 2.05) is 6.92 Å². The molecule has 1 aliphatic heterocycles. The number of carbonyl (C=O) groups excluding carboxylic acids is 1. The lowest BCUT2D eigenvalue weighted by Gasteiger charge is -2.32. The summed E-state index contributed by atoms with van der Waals surface area (Å²) < 4.78 is 5.59. The summed E-state index contributed by atoms with van der Waals surface area (Å²) in [7, 11) is 0. The Balaban J connectivity index is 1.57. The Morgan fingerprint density at radius 2 is 2.06 bits per heavy atom. The molecule has 0 aromatic carbocycles. The molecule has 0 aromatic heterocycles. The van der Waals surface area contributed by atoms with Crippen molar-refractivity contribution in [1.82, 2.24) is 10.6 Å². The minimum atomic E-state index is -0.776. The fourth-order valence-corrected chi connectivity index (χ4v) is 2.42. The fourth-order valence-electron chi connectivity index (χ4n) is 2.42. The molecule has 3 N–H and O–H groups in total. The molecule has 2 rings (SSSR count). The average molecular weight is 256 g/mol. The Kier molecular flexibility index (Phi) is 4.06. The number of rotatable bonds is 4. The van der Waals surface area contributed by atoms with Gasteiger partial charge in [0.1, 0.15) is 0 Å². The van der Waals surface area contributed by atoms with Gasteiger partial charge in [0, 0.05) is 12.6 Å². The van der Waals surface area contributed by atoms with E-state index in [1.54, 1.807) is 0 Å². The molecule has 6 nitrogen and oxygen atoms in total. The number of carbonyl (C=O) groups is 2. The maximum absolute atomic E-state index is 11.5. The monoisotopic (exact) mass is 256 g/mol. The first-order valence-electron chi connectivity index (χ1n) is 6.47. The molecule has 2 aliphatic rings. The average Bonchev–Trinajstić information content (AvgIpc) is 2.65. The van der Waals surface area contributed by atoms with E-state index in [0.29, 0.717) is 19.4 Å². The summed E-state index contributed by atoms with van der Waals surface area (Å²) in [5.41, 5.74) is 0. The van der Waals surface area contributed by atoms with Gasteiger partial charge in [0.25, 0.3) is 0 Å². The summed E-state index contributed by atoms with van der Waals surface area (Å²) >= 11 is 0. The number of amides is 2. The molecule has 2 unspecified atom stereocenters. The van der Waals surface area contributed by atoms with Crippen LogP contribution in [0, 0.1) is 5.92 Å². The Hall–Kier alpha value is -1.30. The van der Waals surface area contributed by atoms with E-state index in [0.717, 1.165) is 12.8 Å². The van der Waals surface area contributed by atoms with E-state index in [2.05, 4.69) is 10.6 Å². The molecule has 1 aliphatic carbocycles. The Morgan fingerprint density at radius 1 is 1.33 bits per heavy atom. The first-order chi connectivity index (χ1) is 8.54. The van der Waals surface area contributed by atoms with Crippen molar-refractivity contribution in [3.05, 3.63) is 0 Å². The van der Waals surface area contributed by atoms with Crippen LogP contribution in [0.2, 0.25) is 0 Å².